The van der Waals surface area contributed by atoms with Gasteiger partial charge in [-0.2, -0.15) is 0 Å². The van der Waals surface area contributed by atoms with Crippen molar-refractivity contribution in [3.63, 3.8) is 0 Å². The molecule has 1 unspecified atom stereocenters. The van der Waals surface area contributed by atoms with Crippen molar-refractivity contribution in [1.29, 1.82) is 0 Å². The highest BCUT2D eigenvalue weighted by atomic mass is 32.1. The van der Waals surface area contributed by atoms with Crippen molar-refractivity contribution in [2.24, 2.45) is 4.99 Å². The summed E-state index contributed by atoms with van der Waals surface area (Å²) in [6.07, 6.45) is 4.72. The number of nitrogens with zero attached hydrogens (tertiary/aromatic N) is 5. The second kappa shape index (κ2) is 14.1. The number of aliphatic hydroxyl groups is 1. The molecule has 2 aliphatic heterocycles. The number of aliphatic imine (C=N–C) groups is 1. The lowest BCUT2D eigenvalue weighted by molar-refractivity contribution is -0.117. The molecule has 4 N–H and O–H groups in total. The van der Waals surface area contributed by atoms with Crippen molar-refractivity contribution in [2.45, 2.75) is 57.7 Å². The van der Waals surface area contributed by atoms with Gasteiger partial charge in [0.1, 0.15) is 12.4 Å². The molecule has 10 nitrogen and oxygen atoms in total. The van der Waals surface area contributed by atoms with Crippen molar-refractivity contribution in [2.75, 3.05) is 37.3 Å². The first kappa shape index (κ1) is 31.8. The fourth-order valence-corrected chi connectivity index (χ4v) is 6.57. The van der Waals surface area contributed by atoms with E-state index in [1.807, 2.05) is 28.8 Å². The number of halogens is 2. The molecule has 2 aromatic carbocycles. The number of fused-ring (bicyclic) bond motifs is 1. The molecule has 1 fully saturated rings. The third-order valence-corrected chi connectivity index (χ3v) is 9.34. The maximum atomic E-state index is 14.5. The second-order valence-electron chi connectivity index (χ2n) is 11.6. The zero-order valence-corrected chi connectivity index (χ0v) is 26.3. The number of rotatable bonds is 11. The highest BCUT2D eigenvalue weighted by Crippen LogP contribution is 2.37. The van der Waals surface area contributed by atoms with Crippen molar-refractivity contribution in [3.05, 3.63) is 76.3 Å². The van der Waals surface area contributed by atoms with Crippen LogP contribution in [0, 0.1) is 6.92 Å². The Kier molecular flexibility index (Phi) is 9.71. The number of anilines is 2. The van der Waals surface area contributed by atoms with Crippen LogP contribution in [0.5, 0.6) is 5.75 Å². The van der Waals surface area contributed by atoms with Gasteiger partial charge in [0.2, 0.25) is 0 Å². The number of nitrogen functional groups attached to an aromatic ring is 1. The van der Waals surface area contributed by atoms with Crippen LogP contribution in [0.15, 0.2) is 53.2 Å². The van der Waals surface area contributed by atoms with Crippen LogP contribution in [0.1, 0.15) is 59.8 Å². The molecule has 0 saturated carbocycles. The number of imidazole rings is 1. The second-order valence-corrected chi connectivity index (χ2v) is 12.5. The number of benzene rings is 2. The van der Waals surface area contributed by atoms with Crippen molar-refractivity contribution in [1.82, 2.24) is 19.4 Å². The van der Waals surface area contributed by atoms with Crippen molar-refractivity contribution >= 4 is 34.3 Å². The Balaban J connectivity index is 1.23. The van der Waals surface area contributed by atoms with E-state index in [2.05, 4.69) is 25.2 Å². The van der Waals surface area contributed by atoms with E-state index < -0.39 is 18.4 Å². The number of amides is 1. The molecule has 6 rings (SSSR count). The number of carbonyl (C=O) groups excluding carboxylic acids is 1. The Hall–Kier alpha value is -4.20. The van der Waals surface area contributed by atoms with Crippen LogP contribution in [-0.4, -0.2) is 69.0 Å². The minimum Gasteiger partial charge on any atom is -0.492 e. The molecule has 1 saturated heterocycles. The normalized spacial score (nSPS) is 16.3. The molecule has 242 valence electrons. The Morgan fingerprint density at radius 2 is 2.02 bits per heavy atom. The maximum absolute atomic E-state index is 14.5. The zero-order valence-electron chi connectivity index (χ0n) is 25.5. The first-order valence-electron chi connectivity index (χ1n) is 15.4. The summed E-state index contributed by atoms with van der Waals surface area (Å²) >= 11 is 1.27. The van der Waals surface area contributed by atoms with Gasteiger partial charge in [0, 0.05) is 66.5 Å². The average molecular weight is 650 g/mol. The smallest absolute Gasteiger partial charge is 0.264 e. The van der Waals surface area contributed by atoms with Crippen molar-refractivity contribution in [3.8, 4) is 16.9 Å². The van der Waals surface area contributed by atoms with Gasteiger partial charge in [-0.3, -0.25) is 20.0 Å². The Morgan fingerprint density at radius 3 is 2.74 bits per heavy atom. The number of nitrogens with two attached hydrogens (primary N) is 1. The summed E-state index contributed by atoms with van der Waals surface area (Å²) in [6.45, 7) is 5.56. The highest BCUT2D eigenvalue weighted by Gasteiger charge is 2.29. The Morgan fingerprint density at radius 1 is 1.24 bits per heavy atom. The lowest BCUT2D eigenvalue weighted by Crippen LogP contribution is -2.38. The molecule has 4 heterocycles. The summed E-state index contributed by atoms with van der Waals surface area (Å²) in [5.41, 5.74) is 9.80. The number of hydrogen-bond donors (Lipinski definition) is 3. The van der Waals surface area contributed by atoms with Crippen LogP contribution in [0.25, 0.3) is 11.1 Å². The highest BCUT2D eigenvalue weighted by molar-refractivity contribution is 7.13. The van der Waals surface area contributed by atoms with E-state index in [4.69, 9.17) is 10.5 Å². The van der Waals surface area contributed by atoms with Crippen LogP contribution in [-0.2, 0) is 17.8 Å². The quantitative estimate of drug-likeness (QED) is 0.146. The van der Waals surface area contributed by atoms with Crippen LogP contribution in [0.3, 0.4) is 0 Å². The molecule has 0 radical (unpaired) electrons. The van der Waals surface area contributed by atoms with Gasteiger partial charge in [0.25, 0.3) is 12.3 Å². The van der Waals surface area contributed by atoms with Crippen LogP contribution < -0.4 is 15.8 Å². The molecule has 1 amide bonds. The fraction of sp³-hybridized carbons (Fsp3) is 0.394. The van der Waals surface area contributed by atoms with E-state index in [1.54, 1.807) is 24.8 Å². The maximum Gasteiger partial charge on any atom is 0.264 e. The first-order valence-corrected chi connectivity index (χ1v) is 16.3. The summed E-state index contributed by atoms with van der Waals surface area (Å²) in [4.78, 5) is 28.8. The van der Waals surface area contributed by atoms with E-state index in [-0.39, 0.29) is 22.9 Å². The number of carbonyl (C=O) groups is 1. The van der Waals surface area contributed by atoms with E-state index in [0.717, 1.165) is 63.1 Å². The summed E-state index contributed by atoms with van der Waals surface area (Å²) in [5, 5.41) is 14.6. The van der Waals surface area contributed by atoms with Crippen molar-refractivity contribution < 1.29 is 23.4 Å². The molecule has 0 aliphatic carbocycles. The van der Waals surface area contributed by atoms with Crippen LogP contribution in [0.2, 0.25) is 0 Å². The largest absolute Gasteiger partial charge is 0.492 e. The van der Waals surface area contributed by atoms with E-state index >= 15 is 0 Å². The molecule has 0 bridgehead atoms. The zero-order chi connectivity index (χ0) is 32.2. The first-order chi connectivity index (χ1) is 22.3. The predicted molar refractivity (Wildman–Crippen MR) is 175 cm³/mol. The molecule has 46 heavy (non-hydrogen) atoms. The van der Waals surface area contributed by atoms with E-state index in [9.17, 15) is 18.7 Å². The lowest BCUT2D eigenvalue weighted by Gasteiger charge is -2.29. The van der Waals surface area contributed by atoms with Crippen LogP contribution in [0.4, 0.5) is 19.6 Å². The molecular formula is C33H37F2N7O3S. The standard InChI is InChI=1S/C33H37F2N7O3S/c1-20-24(21-4-6-23(7-5-21)45-15-14-41-12-8-22(43)9-13-41)17-25(31(34)35)26(28(20)36)18-38-30(32(44)40-33-37-10-16-46-33)29-27-3-2-11-42(27)19-39-29/h4-7,10,16-19,22,30-31,43H,2-3,8-9,11-15,36H2,1H3,(H,37,40,44). The number of hydrogen-bond acceptors (Lipinski definition) is 9. The number of aryl methyl sites for hydroxylation is 1. The van der Waals surface area contributed by atoms with E-state index in [1.165, 1.54) is 23.6 Å². The summed E-state index contributed by atoms with van der Waals surface area (Å²) in [5.74, 6) is 0.222. The Bertz CT molecular complexity index is 1680. The molecule has 4 aromatic rings. The molecular weight excluding hydrogens is 612 g/mol. The number of thiazole rings is 1. The molecule has 2 aliphatic rings. The van der Waals surface area contributed by atoms with Gasteiger partial charge >= 0.3 is 0 Å². The number of alkyl halides is 2. The topological polar surface area (TPSA) is 131 Å². The van der Waals surface area contributed by atoms with E-state index in [0.29, 0.717) is 34.3 Å². The number of aromatic nitrogens is 3. The SMILES string of the molecule is Cc1c(-c2ccc(OCCN3CCC(O)CC3)cc2)cc(C(F)F)c(C=NC(C(=O)Nc2nccs2)c2ncn3c2CCC3)c1N. The number of aliphatic hydroxyl groups excluding tert-OH is 1. The van der Waals surface area contributed by atoms with Crippen LogP contribution >= 0.6 is 11.3 Å². The van der Waals surface area contributed by atoms with Gasteiger partial charge in [-0.05, 0) is 67.5 Å². The molecule has 13 heteroatoms. The van der Waals surface area contributed by atoms with Gasteiger partial charge in [0.05, 0.1) is 18.1 Å². The lowest BCUT2D eigenvalue weighted by atomic mass is 9.92. The summed E-state index contributed by atoms with van der Waals surface area (Å²) in [6, 6.07) is 7.66. The van der Waals surface area contributed by atoms with Gasteiger partial charge in [-0.15, -0.1) is 11.3 Å². The monoisotopic (exact) mass is 649 g/mol. The summed E-state index contributed by atoms with van der Waals surface area (Å²) in [7, 11) is 0. The predicted octanol–water partition coefficient (Wildman–Crippen LogP) is 5.42. The average Bonchev–Trinajstić information content (AvgIpc) is 3.81. The van der Waals surface area contributed by atoms with Gasteiger partial charge in [0.15, 0.2) is 11.2 Å². The number of likely N-dealkylation sites (tertiary alicyclic amines) is 1. The number of nitrogens with one attached hydrogen (secondary N) is 1. The third kappa shape index (κ3) is 6.96. The molecule has 2 aromatic heterocycles. The molecule has 0 spiro atoms. The third-order valence-electron chi connectivity index (χ3n) is 8.66. The molecule has 1 atom stereocenters. The van der Waals surface area contributed by atoms with Gasteiger partial charge in [-0.1, -0.05) is 12.1 Å². The Labute approximate surface area is 270 Å². The minimum atomic E-state index is -2.83. The minimum absolute atomic E-state index is 0.0735. The summed E-state index contributed by atoms with van der Waals surface area (Å²) < 4.78 is 37.0. The fourth-order valence-electron chi connectivity index (χ4n) is 6.04. The van der Waals surface area contributed by atoms with Gasteiger partial charge < -0.3 is 20.1 Å². The number of ether oxygens (including phenoxy) is 1. The van der Waals surface area contributed by atoms with Gasteiger partial charge in [-0.25, -0.2) is 18.7 Å². The number of piperidine rings is 1.